The van der Waals surface area contributed by atoms with E-state index in [0.29, 0.717) is 0 Å². The van der Waals surface area contributed by atoms with E-state index in [2.05, 4.69) is 15.0 Å². The van der Waals surface area contributed by atoms with E-state index in [1.54, 1.807) is 13.8 Å². The van der Waals surface area contributed by atoms with Crippen LogP contribution in [0.4, 0.5) is 19.1 Å². The molecule has 0 aliphatic heterocycles. The maximum atomic E-state index is 12.9. The molecule has 0 saturated heterocycles. The number of hydrogen-bond acceptors (Lipinski definition) is 4. The topological polar surface area (TPSA) is 69.6 Å². The van der Waals surface area contributed by atoms with Crippen molar-refractivity contribution >= 4 is 28.7 Å². The molecule has 0 aromatic carbocycles. The van der Waals surface area contributed by atoms with Gasteiger partial charge in [0.05, 0.1) is 0 Å². The Morgan fingerprint density at radius 2 is 1.83 bits per heavy atom. The van der Waals surface area contributed by atoms with Gasteiger partial charge in [-0.25, -0.2) is 4.98 Å². The van der Waals surface area contributed by atoms with Gasteiger partial charge in [-0.3, -0.25) is 0 Å². The van der Waals surface area contributed by atoms with Crippen LogP contribution in [0.15, 0.2) is 0 Å². The Morgan fingerprint density at radius 1 is 1.22 bits per heavy atom. The highest BCUT2D eigenvalue weighted by Gasteiger charge is 2.39. The zero-order valence-corrected chi connectivity index (χ0v) is 10.2. The first-order valence-corrected chi connectivity index (χ1v) is 5.37. The number of alkyl halides is 3. The summed E-state index contributed by atoms with van der Waals surface area (Å²) >= 11 is 5.73. The van der Waals surface area contributed by atoms with Crippen molar-refractivity contribution in [2.45, 2.75) is 26.1 Å². The molecule has 0 amide bonds. The average Bonchev–Trinajstić information content (AvgIpc) is 2.55. The predicted octanol–water partition coefficient (Wildman–Crippen LogP) is 2.66. The van der Waals surface area contributed by atoms with Crippen LogP contribution in [-0.2, 0) is 6.18 Å². The summed E-state index contributed by atoms with van der Waals surface area (Å²) in [6, 6.07) is -0.489. The zero-order valence-electron chi connectivity index (χ0n) is 9.46. The number of aromatic nitrogens is 4. The van der Waals surface area contributed by atoms with Gasteiger partial charge in [-0.1, -0.05) is 11.6 Å². The maximum absolute atomic E-state index is 12.9. The van der Waals surface area contributed by atoms with Crippen molar-refractivity contribution in [3.8, 4) is 0 Å². The van der Waals surface area contributed by atoms with Crippen LogP contribution in [0.25, 0.3) is 11.2 Å². The van der Waals surface area contributed by atoms with Crippen molar-refractivity contribution in [1.82, 2.24) is 19.5 Å². The highest BCUT2D eigenvalue weighted by Crippen LogP contribution is 2.34. The van der Waals surface area contributed by atoms with E-state index in [-0.39, 0.29) is 22.3 Å². The van der Waals surface area contributed by atoms with E-state index in [9.17, 15) is 13.2 Å². The first kappa shape index (κ1) is 12.9. The largest absolute Gasteiger partial charge is 0.449 e. The van der Waals surface area contributed by atoms with E-state index >= 15 is 0 Å². The van der Waals surface area contributed by atoms with Crippen LogP contribution in [0, 0.1) is 0 Å². The summed E-state index contributed by atoms with van der Waals surface area (Å²) in [6.07, 6.45) is -4.59. The van der Waals surface area contributed by atoms with E-state index in [1.807, 2.05) is 0 Å². The number of rotatable bonds is 1. The quantitative estimate of drug-likeness (QED) is 0.815. The van der Waals surface area contributed by atoms with Gasteiger partial charge in [0.1, 0.15) is 5.52 Å². The molecule has 5 nitrogen and oxygen atoms in total. The molecule has 98 valence electrons. The molecule has 2 aromatic heterocycles. The SMILES string of the molecule is CC(C)n1c(C(F)(F)F)nc2c(Cl)nc(N)nc21. The molecule has 0 bridgehead atoms. The molecule has 2 aromatic rings. The molecule has 18 heavy (non-hydrogen) atoms. The second-order valence-corrected chi connectivity index (χ2v) is 4.30. The molecule has 0 aliphatic rings. The van der Waals surface area contributed by atoms with Crippen molar-refractivity contribution in [1.29, 1.82) is 0 Å². The first-order valence-electron chi connectivity index (χ1n) is 5.00. The normalized spacial score (nSPS) is 12.6. The monoisotopic (exact) mass is 279 g/mol. The van der Waals surface area contributed by atoms with Crippen LogP contribution in [0.2, 0.25) is 5.15 Å². The van der Waals surface area contributed by atoms with Crippen LogP contribution in [0.3, 0.4) is 0 Å². The molecule has 0 unspecified atom stereocenters. The Balaban J connectivity index is 2.89. The third-order valence-corrected chi connectivity index (χ3v) is 2.55. The van der Waals surface area contributed by atoms with Crippen LogP contribution >= 0.6 is 11.6 Å². The van der Waals surface area contributed by atoms with Crippen molar-refractivity contribution in [3.05, 3.63) is 11.0 Å². The number of nitrogen functional groups attached to an aromatic ring is 1. The second kappa shape index (κ2) is 3.98. The van der Waals surface area contributed by atoms with E-state index < -0.39 is 18.0 Å². The highest BCUT2D eigenvalue weighted by molar-refractivity contribution is 6.33. The fourth-order valence-electron chi connectivity index (χ4n) is 1.65. The van der Waals surface area contributed by atoms with Crippen molar-refractivity contribution < 1.29 is 13.2 Å². The molecule has 0 saturated carbocycles. The maximum Gasteiger partial charge on any atom is 0.449 e. The number of fused-ring (bicyclic) bond motifs is 1. The minimum Gasteiger partial charge on any atom is -0.368 e. The fourth-order valence-corrected chi connectivity index (χ4v) is 1.86. The summed E-state index contributed by atoms with van der Waals surface area (Å²) in [5.41, 5.74) is 5.26. The fraction of sp³-hybridized carbons (Fsp3) is 0.444. The molecule has 0 atom stereocenters. The summed E-state index contributed by atoms with van der Waals surface area (Å²) in [4.78, 5) is 10.8. The number of imidazole rings is 1. The van der Waals surface area contributed by atoms with Gasteiger partial charge in [-0.05, 0) is 13.8 Å². The number of halogens is 4. The summed E-state index contributed by atoms with van der Waals surface area (Å²) < 4.78 is 39.6. The van der Waals surface area contributed by atoms with Gasteiger partial charge in [0.2, 0.25) is 11.8 Å². The van der Waals surface area contributed by atoms with Gasteiger partial charge in [0.15, 0.2) is 10.8 Å². The lowest BCUT2D eigenvalue weighted by molar-refractivity contribution is -0.147. The average molecular weight is 280 g/mol. The lowest BCUT2D eigenvalue weighted by Gasteiger charge is -2.13. The standard InChI is InChI=1S/C9H9ClF3N5/c1-3(2)18-6-4(5(10)16-8(14)17-6)15-7(18)9(11,12)13/h3H,1-2H3,(H2,14,16,17). The number of nitrogens with two attached hydrogens (primary N) is 1. The van der Waals surface area contributed by atoms with Crippen LogP contribution in [-0.4, -0.2) is 19.5 Å². The first-order chi connectivity index (χ1) is 8.21. The molecular weight excluding hydrogens is 271 g/mol. The van der Waals surface area contributed by atoms with Gasteiger partial charge in [0.25, 0.3) is 0 Å². The second-order valence-electron chi connectivity index (χ2n) is 3.94. The molecular formula is C9H9ClF3N5. The van der Waals surface area contributed by atoms with Crippen molar-refractivity contribution in [2.24, 2.45) is 0 Å². The smallest absolute Gasteiger partial charge is 0.368 e. The Kier molecular flexibility index (Phi) is 2.84. The Morgan fingerprint density at radius 3 is 2.33 bits per heavy atom. The highest BCUT2D eigenvalue weighted by atomic mass is 35.5. The third kappa shape index (κ3) is 1.96. The van der Waals surface area contributed by atoms with Gasteiger partial charge in [0, 0.05) is 6.04 Å². The number of nitrogens with zero attached hydrogens (tertiary/aromatic N) is 4. The molecule has 2 rings (SSSR count). The number of anilines is 1. The summed E-state index contributed by atoms with van der Waals surface area (Å²) in [7, 11) is 0. The summed E-state index contributed by atoms with van der Waals surface area (Å²) in [5.74, 6) is -1.25. The lowest BCUT2D eigenvalue weighted by Crippen LogP contribution is -2.16. The van der Waals surface area contributed by atoms with Crippen LogP contribution in [0.5, 0.6) is 0 Å². The van der Waals surface area contributed by atoms with Crippen molar-refractivity contribution in [3.63, 3.8) is 0 Å². The van der Waals surface area contributed by atoms with E-state index in [1.165, 1.54) is 0 Å². The Labute approximate surface area is 105 Å². The molecule has 9 heteroatoms. The minimum atomic E-state index is -4.59. The number of hydrogen-bond donors (Lipinski definition) is 1. The van der Waals surface area contributed by atoms with Gasteiger partial charge in [-0.15, -0.1) is 0 Å². The summed E-state index contributed by atoms with van der Waals surface area (Å²) in [6.45, 7) is 3.17. The van der Waals surface area contributed by atoms with Gasteiger partial charge < -0.3 is 10.3 Å². The van der Waals surface area contributed by atoms with Gasteiger partial charge in [-0.2, -0.15) is 23.1 Å². The van der Waals surface area contributed by atoms with E-state index in [0.717, 1.165) is 4.57 Å². The molecule has 0 radical (unpaired) electrons. The molecule has 0 spiro atoms. The molecule has 2 heterocycles. The predicted molar refractivity (Wildman–Crippen MR) is 60.1 cm³/mol. The Bertz CT molecular complexity index is 604. The van der Waals surface area contributed by atoms with Crippen LogP contribution < -0.4 is 5.73 Å². The molecule has 2 N–H and O–H groups in total. The summed E-state index contributed by atoms with van der Waals surface area (Å²) in [5, 5.41) is -0.192. The van der Waals surface area contributed by atoms with E-state index in [4.69, 9.17) is 17.3 Å². The van der Waals surface area contributed by atoms with Crippen molar-refractivity contribution in [2.75, 3.05) is 5.73 Å². The van der Waals surface area contributed by atoms with Gasteiger partial charge >= 0.3 is 6.18 Å². The van der Waals surface area contributed by atoms with Crippen LogP contribution in [0.1, 0.15) is 25.7 Å². The third-order valence-electron chi connectivity index (χ3n) is 2.28. The zero-order chi connectivity index (χ0) is 13.7. The lowest BCUT2D eigenvalue weighted by atomic mass is 10.3. The Hall–Kier alpha value is -1.57. The minimum absolute atomic E-state index is 0.0187. The molecule has 0 aliphatic carbocycles. The molecule has 0 fully saturated rings.